The second-order valence-electron chi connectivity index (χ2n) is 8.82. The van der Waals surface area contributed by atoms with Crippen molar-refractivity contribution in [3.63, 3.8) is 0 Å². The topological polar surface area (TPSA) is 138 Å². The van der Waals surface area contributed by atoms with Gasteiger partial charge in [-0.2, -0.15) is 0 Å². The first-order valence-corrected chi connectivity index (χ1v) is 14.8. The smallest absolute Gasteiger partial charge is 0.264 e. The number of aromatic nitrogens is 2. The van der Waals surface area contributed by atoms with Gasteiger partial charge in [0.25, 0.3) is 20.0 Å². The zero-order chi connectivity index (χ0) is 28.2. The third kappa shape index (κ3) is 6.78. The van der Waals surface area contributed by atoms with Crippen LogP contribution in [0.4, 0.5) is 17.3 Å². The molecule has 3 aromatic carbocycles. The molecule has 0 aliphatic heterocycles. The molecule has 12 heteroatoms. The van der Waals surface area contributed by atoms with E-state index in [1.54, 1.807) is 56.3 Å². The Morgan fingerprint density at radius 1 is 0.769 bits per heavy atom. The Kier molecular flexibility index (Phi) is 7.98. The van der Waals surface area contributed by atoms with Crippen LogP contribution in [-0.4, -0.2) is 39.3 Å². The standard InChI is InChI=1S/C27H27N5O5S2/c1-19-8-7-9-23(16-19)32(39(36,37)25-10-5-4-6-11-25)18-26(33)30-22-12-14-24(15-13-22)38(34,35)31-27-28-20(2)17-21(3)29-27/h4-17H,18H2,1-3H3,(H,30,33)(H,28,29,31). The van der Waals surface area contributed by atoms with E-state index in [1.165, 1.54) is 36.4 Å². The lowest BCUT2D eigenvalue weighted by Gasteiger charge is -2.24. The molecule has 10 nitrogen and oxygen atoms in total. The van der Waals surface area contributed by atoms with Gasteiger partial charge in [-0.3, -0.25) is 9.10 Å². The highest BCUT2D eigenvalue weighted by Crippen LogP contribution is 2.25. The molecule has 0 aliphatic carbocycles. The number of carbonyl (C=O) groups excluding carboxylic acids is 1. The van der Waals surface area contributed by atoms with Gasteiger partial charge in [0, 0.05) is 17.1 Å². The highest BCUT2D eigenvalue weighted by atomic mass is 32.2. The lowest BCUT2D eigenvalue weighted by Crippen LogP contribution is -2.38. The van der Waals surface area contributed by atoms with E-state index in [4.69, 9.17) is 0 Å². The molecule has 0 saturated heterocycles. The number of nitrogens with zero attached hydrogens (tertiary/aromatic N) is 3. The Bertz CT molecular complexity index is 1690. The minimum Gasteiger partial charge on any atom is -0.325 e. The molecule has 4 rings (SSSR count). The zero-order valence-electron chi connectivity index (χ0n) is 21.5. The maximum atomic E-state index is 13.4. The summed E-state index contributed by atoms with van der Waals surface area (Å²) in [6, 6.07) is 21.9. The average molecular weight is 566 g/mol. The molecule has 0 unspecified atom stereocenters. The fourth-order valence-electron chi connectivity index (χ4n) is 3.82. The monoisotopic (exact) mass is 565 g/mol. The van der Waals surface area contributed by atoms with Crippen molar-refractivity contribution in [3.8, 4) is 0 Å². The molecule has 0 atom stereocenters. The normalized spacial score (nSPS) is 11.6. The van der Waals surface area contributed by atoms with Crippen LogP contribution in [-0.2, 0) is 24.8 Å². The van der Waals surface area contributed by atoms with E-state index in [2.05, 4.69) is 20.0 Å². The maximum absolute atomic E-state index is 13.4. The number of amides is 1. The van der Waals surface area contributed by atoms with E-state index in [9.17, 15) is 21.6 Å². The molecule has 0 aliphatic rings. The summed E-state index contributed by atoms with van der Waals surface area (Å²) in [7, 11) is -8.02. The Morgan fingerprint density at radius 3 is 2.03 bits per heavy atom. The molecule has 0 saturated carbocycles. The van der Waals surface area contributed by atoms with Gasteiger partial charge in [0.15, 0.2) is 0 Å². The van der Waals surface area contributed by atoms with Gasteiger partial charge in [-0.1, -0.05) is 30.3 Å². The maximum Gasteiger partial charge on any atom is 0.264 e. The molecule has 1 amide bonds. The van der Waals surface area contributed by atoms with Gasteiger partial charge in [0.1, 0.15) is 6.54 Å². The molecule has 4 aromatic rings. The first-order valence-electron chi connectivity index (χ1n) is 11.8. The molecule has 0 spiro atoms. The van der Waals surface area contributed by atoms with Crippen molar-refractivity contribution < 1.29 is 21.6 Å². The van der Waals surface area contributed by atoms with E-state index in [1.807, 2.05) is 13.0 Å². The van der Waals surface area contributed by atoms with Crippen LogP contribution in [0, 0.1) is 20.8 Å². The summed E-state index contributed by atoms with van der Waals surface area (Å²) in [5.41, 5.74) is 2.70. The minimum absolute atomic E-state index is 0.0410. The van der Waals surface area contributed by atoms with Gasteiger partial charge >= 0.3 is 0 Å². The van der Waals surface area contributed by atoms with Crippen LogP contribution >= 0.6 is 0 Å². The summed E-state index contributed by atoms with van der Waals surface area (Å²) in [4.78, 5) is 21.2. The number of nitrogens with one attached hydrogen (secondary N) is 2. The number of hydrogen-bond donors (Lipinski definition) is 2. The van der Waals surface area contributed by atoms with E-state index >= 15 is 0 Å². The van der Waals surface area contributed by atoms with E-state index in [0.717, 1.165) is 9.87 Å². The fourth-order valence-corrected chi connectivity index (χ4v) is 6.19. The first-order chi connectivity index (χ1) is 18.4. The van der Waals surface area contributed by atoms with Gasteiger partial charge in [-0.25, -0.2) is 31.5 Å². The van der Waals surface area contributed by atoms with E-state index in [0.29, 0.717) is 22.8 Å². The number of carbonyl (C=O) groups is 1. The number of anilines is 3. The molecule has 1 aromatic heterocycles. The van der Waals surface area contributed by atoms with Crippen LogP contribution in [0.25, 0.3) is 0 Å². The third-order valence-corrected chi connectivity index (χ3v) is 8.70. The number of benzene rings is 3. The van der Waals surface area contributed by atoms with Crippen LogP contribution in [0.1, 0.15) is 17.0 Å². The van der Waals surface area contributed by atoms with Gasteiger partial charge in [0.05, 0.1) is 15.5 Å². The Balaban J connectivity index is 1.52. The fraction of sp³-hybridized carbons (Fsp3) is 0.148. The highest BCUT2D eigenvalue weighted by Gasteiger charge is 2.27. The van der Waals surface area contributed by atoms with Crippen LogP contribution < -0.4 is 14.3 Å². The molecule has 39 heavy (non-hydrogen) atoms. The van der Waals surface area contributed by atoms with Crippen LogP contribution in [0.2, 0.25) is 0 Å². The second-order valence-corrected chi connectivity index (χ2v) is 12.4. The molecule has 0 fully saturated rings. The molecular weight excluding hydrogens is 538 g/mol. The number of rotatable bonds is 9. The van der Waals surface area contributed by atoms with Gasteiger partial charge < -0.3 is 5.32 Å². The van der Waals surface area contributed by atoms with Crippen molar-refractivity contribution in [2.24, 2.45) is 0 Å². The highest BCUT2D eigenvalue weighted by molar-refractivity contribution is 7.93. The Hall–Kier alpha value is -4.29. The number of aryl methyl sites for hydroxylation is 3. The zero-order valence-corrected chi connectivity index (χ0v) is 23.1. The van der Waals surface area contributed by atoms with Crippen molar-refractivity contribution in [2.45, 2.75) is 30.6 Å². The van der Waals surface area contributed by atoms with E-state index < -0.39 is 32.5 Å². The molecule has 2 N–H and O–H groups in total. The van der Waals surface area contributed by atoms with Crippen LogP contribution in [0.15, 0.2) is 94.7 Å². The molecular formula is C27H27N5O5S2. The Morgan fingerprint density at radius 2 is 1.41 bits per heavy atom. The van der Waals surface area contributed by atoms with Crippen molar-refractivity contribution in [1.82, 2.24) is 9.97 Å². The summed E-state index contributed by atoms with van der Waals surface area (Å²) < 4.78 is 55.8. The molecule has 1 heterocycles. The largest absolute Gasteiger partial charge is 0.325 e. The number of hydrogen-bond acceptors (Lipinski definition) is 7. The van der Waals surface area contributed by atoms with Crippen molar-refractivity contribution in [2.75, 3.05) is 20.9 Å². The second kappa shape index (κ2) is 11.2. The summed E-state index contributed by atoms with van der Waals surface area (Å²) in [6.07, 6.45) is 0. The Labute approximate surface area is 227 Å². The molecule has 202 valence electrons. The summed E-state index contributed by atoms with van der Waals surface area (Å²) >= 11 is 0. The van der Waals surface area contributed by atoms with Crippen LogP contribution in [0.3, 0.4) is 0 Å². The summed E-state index contributed by atoms with van der Waals surface area (Å²) in [5.74, 6) is -0.644. The summed E-state index contributed by atoms with van der Waals surface area (Å²) in [6.45, 7) is 4.80. The summed E-state index contributed by atoms with van der Waals surface area (Å²) in [5, 5.41) is 2.64. The van der Waals surface area contributed by atoms with Crippen molar-refractivity contribution in [1.29, 1.82) is 0 Å². The predicted octanol–water partition coefficient (Wildman–Crippen LogP) is 4.04. The SMILES string of the molecule is Cc1cccc(N(CC(=O)Nc2ccc(S(=O)(=O)Nc3nc(C)cc(C)n3)cc2)S(=O)(=O)c2ccccc2)c1. The molecule has 0 bridgehead atoms. The average Bonchev–Trinajstić information content (AvgIpc) is 2.87. The third-order valence-electron chi connectivity index (χ3n) is 5.56. The van der Waals surface area contributed by atoms with Gasteiger partial charge in [-0.15, -0.1) is 0 Å². The van der Waals surface area contributed by atoms with Crippen LogP contribution in [0.5, 0.6) is 0 Å². The van der Waals surface area contributed by atoms with Gasteiger partial charge in [-0.05, 0) is 80.9 Å². The van der Waals surface area contributed by atoms with Gasteiger partial charge in [0.2, 0.25) is 11.9 Å². The lowest BCUT2D eigenvalue weighted by atomic mass is 10.2. The predicted molar refractivity (Wildman–Crippen MR) is 150 cm³/mol. The molecule has 0 radical (unpaired) electrons. The lowest BCUT2D eigenvalue weighted by molar-refractivity contribution is -0.114. The van der Waals surface area contributed by atoms with E-state index in [-0.39, 0.29) is 15.7 Å². The van der Waals surface area contributed by atoms with Crippen molar-refractivity contribution >= 4 is 43.3 Å². The quantitative estimate of drug-likeness (QED) is 0.312. The van der Waals surface area contributed by atoms with Crippen molar-refractivity contribution in [3.05, 3.63) is 102 Å². The minimum atomic E-state index is -4.05. The number of sulfonamides is 2. The first kappa shape index (κ1) is 27.7.